The number of hydrazine groups is 1. The van der Waals surface area contributed by atoms with Gasteiger partial charge < -0.3 is 4.90 Å². The number of aromatic nitrogens is 2. The second-order valence-corrected chi connectivity index (χ2v) is 6.91. The molecule has 1 unspecified atom stereocenters. The number of halogens is 8. The minimum atomic E-state index is -4.65. The van der Waals surface area contributed by atoms with Crippen molar-refractivity contribution in [2.45, 2.75) is 18.4 Å². The van der Waals surface area contributed by atoms with Crippen molar-refractivity contribution in [3.63, 3.8) is 0 Å². The van der Waals surface area contributed by atoms with Gasteiger partial charge in [-0.2, -0.15) is 26.3 Å². The van der Waals surface area contributed by atoms with Crippen LogP contribution in [-0.2, 0) is 17.1 Å². The van der Waals surface area contributed by atoms with Crippen LogP contribution in [0.2, 0.25) is 10.0 Å². The number of anilines is 2. The van der Waals surface area contributed by atoms with Gasteiger partial charge in [-0.15, -0.1) is 0 Å². The Labute approximate surface area is 180 Å². The van der Waals surface area contributed by atoms with Crippen LogP contribution < -0.4 is 15.8 Å². The Balaban J connectivity index is 1.71. The minimum absolute atomic E-state index is 0.0826. The van der Waals surface area contributed by atoms with Crippen LogP contribution in [0, 0.1) is 0 Å². The number of alkyl halides is 6. The quantitative estimate of drug-likeness (QED) is 0.500. The molecule has 7 nitrogen and oxygen atoms in total. The van der Waals surface area contributed by atoms with Crippen molar-refractivity contribution in [1.82, 2.24) is 15.4 Å². The highest BCUT2D eigenvalue weighted by Gasteiger charge is 2.35. The zero-order valence-electron chi connectivity index (χ0n) is 14.9. The second-order valence-electron chi connectivity index (χ2n) is 6.10. The van der Waals surface area contributed by atoms with Crippen LogP contribution >= 0.6 is 23.2 Å². The van der Waals surface area contributed by atoms with Crippen LogP contribution in [0.1, 0.15) is 11.1 Å². The topological polar surface area (TPSA) is 82.5 Å². The number of amides is 1. The van der Waals surface area contributed by atoms with E-state index >= 15 is 0 Å². The maximum atomic E-state index is 12.8. The third kappa shape index (κ3) is 5.10. The van der Waals surface area contributed by atoms with E-state index in [1.54, 1.807) is 0 Å². The normalized spacial score (nSPS) is 16.5. The summed E-state index contributed by atoms with van der Waals surface area (Å²) in [6, 6.07) is 0.234. The standard InChI is InChI=1S/C16H10Cl2F6N6O/c17-9-1-7(15(19,20)21)3-26-12(9)28-29-14(31)11-5-25-6-30(11)13-10(18)2-8(4-27-13)16(22,23)24/h1-4,6,11H,5H2,(H,26,28)(H,29,31). The van der Waals surface area contributed by atoms with Crippen molar-refractivity contribution in [2.24, 2.45) is 4.99 Å². The van der Waals surface area contributed by atoms with Crippen LogP contribution in [0.25, 0.3) is 0 Å². The molecular formula is C16H10Cl2F6N6O. The van der Waals surface area contributed by atoms with E-state index in [0.29, 0.717) is 24.5 Å². The maximum absolute atomic E-state index is 12.8. The van der Waals surface area contributed by atoms with Crippen molar-refractivity contribution in [1.29, 1.82) is 0 Å². The fraction of sp³-hybridized carbons (Fsp3) is 0.250. The highest BCUT2D eigenvalue weighted by molar-refractivity contribution is 6.33. The molecule has 3 rings (SSSR count). The average molecular weight is 487 g/mol. The largest absolute Gasteiger partial charge is 0.417 e. The Hall–Kier alpha value is -2.80. The summed E-state index contributed by atoms with van der Waals surface area (Å²) in [5.74, 6) is -1.13. The molecule has 0 aliphatic carbocycles. The molecule has 31 heavy (non-hydrogen) atoms. The van der Waals surface area contributed by atoms with Crippen LogP contribution in [0.15, 0.2) is 29.5 Å². The molecule has 0 bridgehead atoms. The van der Waals surface area contributed by atoms with Gasteiger partial charge in [-0.1, -0.05) is 23.2 Å². The second kappa shape index (κ2) is 8.38. The SMILES string of the molecule is O=C(NNc1ncc(C(F)(F)F)cc1Cl)C1CN=CN1c1ncc(C(F)(F)F)cc1Cl. The van der Waals surface area contributed by atoms with Crippen LogP contribution in [0.5, 0.6) is 0 Å². The van der Waals surface area contributed by atoms with Gasteiger partial charge in [0.25, 0.3) is 5.91 Å². The highest BCUT2D eigenvalue weighted by Crippen LogP contribution is 2.34. The van der Waals surface area contributed by atoms with E-state index in [2.05, 4.69) is 25.8 Å². The number of carbonyl (C=O) groups excluding carboxylic acids is 1. The Morgan fingerprint density at radius 1 is 1.00 bits per heavy atom. The van der Waals surface area contributed by atoms with Crippen molar-refractivity contribution < 1.29 is 31.1 Å². The highest BCUT2D eigenvalue weighted by atomic mass is 35.5. The van der Waals surface area contributed by atoms with Crippen molar-refractivity contribution >= 4 is 47.1 Å². The smallest absolute Gasteiger partial charge is 0.302 e. The fourth-order valence-electron chi connectivity index (χ4n) is 2.48. The molecule has 1 amide bonds. The van der Waals surface area contributed by atoms with Gasteiger partial charge in [-0.05, 0) is 12.1 Å². The number of rotatable bonds is 4. The van der Waals surface area contributed by atoms with E-state index in [0.717, 1.165) is 4.90 Å². The monoisotopic (exact) mass is 486 g/mol. The first-order valence-electron chi connectivity index (χ1n) is 8.17. The third-order valence-electron chi connectivity index (χ3n) is 3.99. The Bertz CT molecular complexity index is 1030. The molecule has 0 radical (unpaired) electrons. The van der Waals surface area contributed by atoms with Gasteiger partial charge in [-0.25, -0.2) is 9.97 Å². The molecule has 166 valence electrons. The summed E-state index contributed by atoms with van der Waals surface area (Å²) < 4.78 is 76.3. The fourth-order valence-corrected chi connectivity index (χ4v) is 2.96. The first kappa shape index (κ1) is 22.9. The number of carbonyl (C=O) groups is 1. The summed E-state index contributed by atoms with van der Waals surface area (Å²) in [4.78, 5) is 24.7. The Kier molecular flexibility index (Phi) is 6.18. The maximum Gasteiger partial charge on any atom is 0.417 e. The summed E-state index contributed by atoms with van der Waals surface area (Å²) in [6.07, 6.45) is -7.03. The molecule has 1 aliphatic rings. The molecule has 0 saturated heterocycles. The Morgan fingerprint density at radius 3 is 2.13 bits per heavy atom. The van der Waals surface area contributed by atoms with Crippen LogP contribution in [0.3, 0.4) is 0 Å². The molecule has 1 atom stereocenters. The summed E-state index contributed by atoms with van der Waals surface area (Å²) in [6.45, 7) is -0.0826. The molecule has 2 N–H and O–H groups in total. The summed E-state index contributed by atoms with van der Waals surface area (Å²) >= 11 is 11.6. The zero-order chi connectivity index (χ0) is 23.0. The van der Waals surface area contributed by atoms with Gasteiger partial charge in [-0.3, -0.25) is 20.6 Å². The average Bonchev–Trinajstić information content (AvgIpc) is 3.14. The molecule has 3 heterocycles. The molecular weight excluding hydrogens is 477 g/mol. The molecule has 2 aromatic heterocycles. The number of hydrogen-bond acceptors (Lipinski definition) is 6. The number of nitrogens with one attached hydrogen (secondary N) is 2. The van der Waals surface area contributed by atoms with Gasteiger partial charge >= 0.3 is 12.4 Å². The lowest BCUT2D eigenvalue weighted by Crippen LogP contribution is -2.47. The molecule has 0 spiro atoms. The van der Waals surface area contributed by atoms with Gasteiger partial charge in [0, 0.05) is 12.4 Å². The predicted octanol–water partition coefficient (Wildman–Crippen LogP) is 4.18. The van der Waals surface area contributed by atoms with E-state index in [1.165, 1.54) is 6.34 Å². The summed E-state index contributed by atoms with van der Waals surface area (Å²) in [5, 5.41) is -0.761. The van der Waals surface area contributed by atoms with Crippen LogP contribution in [-0.4, -0.2) is 34.8 Å². The van der Waals surface area contributed by atoms with Crippen molar-refractivity contribution in [2.75, 3.05) is 16.9 Å². The molecule has 0 saturated carbocycles. The van der Waals surface area contributed by atoms with Gasteiger partial charge in [0.2, 0.25) is 0 Å². The van der Waals surface area contributed by atoms with Gasteiger partial charge in [0.15, 0.2) is 11.6 Å². The lowest BCUT2D eigenvalue weighted by atomic mass is 10.2. The predicted molar refractivity (Wildman–Crippen MR) is 99.9 cm³/mol. The molecule has 0 fully saturated rings. The van der Waals surface area contributed by atoms with Gasteiger partial charge in [0.1, 0.15) is 6.04 Å². The number of hydrogen-bond donors (Lipinski definition) is 2. The molecule has 0 aromatic carbocycles. The lowest BCUT2D eigenvalue weighted by Gasteiger charge is -2.24. The number of nitrogens with zero attached hydrogens (tertiary/aromatic N) is 4. The van der Waals surface area contributed by atoms with E-state index < -0.39 is 40.5 Å². The minimum Gasteiger partial charge on any atom is -0.302 e. The van der Waals surface area contributed by atoms with Crippen LogP contribution in [0.4, 0.5) is 38.0 Å². The summed E-state index contributed by atoms with van der Waals surface area (Å²) in [7, 11) is 0. The van der Waals surface area contributed by atoms with Crippen molar-refractivity contribution in [3.05, 3.63) is 45.7 Å². The summed E-state index contributed by atoms with van der Waals surface area (Å²) in [5.41, 5.74) is 2.35. The Morgan fingerprint density at radius 2 is 1.58 bits per heavy atom. The molecule has 1 aliphatic heterocycles. The van der Waals surface area contributed by atoms with E-state index in [9.17, 15) is 31.1 Å². The molecule has 15 heteroatoms. The van der Waals surface area contributed by atoms with E-state index in [4.69, 9.17) is 23.2 Å². The van der Waals surface area contributed by atoms with Gasteiger partial charge in [0.05, 0.1) is 34.1 Å². The van der Waals surface area contributed by atoms with Crippen molar-refractivity contribution in [3.8, 4) is 0 Å². The first-order chi connectivity index (χ1) is 14.4. The zero-order valence-corrected chi connectivity index (χ0v) is 16.4. The van der Waals surface area contributed by atoms with E-state index in [-0.39, 0.29) is 23.2 Å². The number of pyridine rings is 2. The lowest BCUT2D eigenvalue weighted by molar-refractivity contribution is -0.138. The first-order valence-corrected chi connectivity index (χ1v) is 8.93. The number of aliphatic imine (C=N–C) groups is 1. The third-order valence-corrected chi connectivity index (χ3v) is 4.56. The van der Waals surface area contributed by atoms with E-state index in [1.807, 2.05) is 0 Å². The molecule has 2 aromatic rings.